The Morgan fingerprint density at radius 2 is 2.05 bits per heavy atom. The van der Waals surface area contributed by atoms with Crippen LogP contribution in [0.3, 0.4) is 0 Å². The fourth-order valence-corrected chi connectivity index (χ4v) is 3.85. The minimum absolute atomic E-state index is 0.285. The van der Waals surface area contributed by atoms with Crippen LogP contribution in [0.1, 0.15) is 31.2 Å². The van der Waals surface area contributed by atoms with E-state index in [-0.39, 0.29) is 6.10 Å². The van der Waals surface area contributed by atoms with Crippen LogP contribution < -0.4 is 4.74 Å². The predicted molar refractivity (Wildman–Crippen MR) is 79.1 cm³/mol. The average molecular weight is 280 g/mol. The summed E-state index contributed by atoms with van der Waals surface area (Å²) in [5, 5.41) is 0.308. The minimum Gasteiger partial charge on any atom is -0.488 e. The SMILES string of the molecule is CN(CC1Cc2ccccc2O1)C1CCCCC1Cl. The zero-order chi connectivity index (χ0) is 13.2. The number of halogens is 1. The second kappa shape index (κ2) is 5.72. The van der Waals surface area contributed by atoms with E-state index in [1.165, 1.54) is 24.8 Å². The summed E-state index contributed by atoms with van der Waals surface area (Å²) >= 11 is 6.47. The Morgan fingerprint density at radius 1 is 1.26 bits per heavy atom. The van der Waals surface area contributed by atoms with Gasteiger partial charge in [-0.3, -0.25) is 4.90 Å². The van der Waals surface area contributed by atoms with Gasteiger partial charge in [0.25, 0.3) is 0 Å². The van der Waals surface area contributed by atoms with Crippen LogP contribution in [0.25, 0.3) is 0 Å². The Bertz CT molecular complexity index is 412. The Hall–Kier alpha value is -0.730. The molecule has 1 saturated carbocycles. The number of ether oxygens (including phenoxy) is 1. The van der Waals surface area contributed by atoms with Gasteiger partial charge >= 0.3 is 0 Å². The van der Waals surface area contributed by atoms with E-state index in [1.54, 1.807) is 0 Å². The van der Waals surface area contributed by atoms with Crippen LogP contribution >= 0.6 is 11.6 Å². The van der Waals surface area contributed by atoms with Crippen molar-refractivity contribution in [3.8, 4) is 5.75 Å². The number of nitrogens with zero attached hydrogens (tertiary/aromatic N) is 1. The highest BCUT2D eigenvalue weighted by Crippen LogP contribution is 2.30. The number of benzene rings is 1. The van der Waals surface area contributed by atoms with E-state index in [0.29, 0.717) is 11.4 Å². The lowest BCUT2D eigenvalue weighted by atomic mass is 9.93. The van der Waals surface area contributed by atoms with Gasteiger partial charge in [0.15, 0.2) is 0 Å². The molecule has 104 valence electrons. The molecular formula is C16H22ClNO. The number of fused-ring (bicyclic) bond motifs is 1. The van der Waals surface area contributed by atoms with Crippen molar-refractivity contribution >= 4 is 11.6 Å². The number of alkyl halides is 1. The molecule has 0 amide bonds. The molecule has 1 heterocycles. The van der Waals surface area contributed by atoms with E-state index in [4.69, 9.17) is 16.3 Å². The minimum atomic E-state index is 0.285. The normalized spacial score (nSPS) is 30.2. The highest BCUT2D eigenvalue weighted by molar-refractivity contribution is 6.21. The third kappa shape index (κ3) is 2.90. The van der Waals surface area contributed by atoms with Gasteiger partial charge in [0, 0.05) is 24.4 Å². The lowest BCUT2D eigenvalue weighted by molar-refractivity contribution is 0.122. The van der Waals surface area contributed by atoms with E-state index in [9.17, 15) is 0 Å². The largest absolute Gasteiger partial charge is 0.488 e. The van der Waals surface area contributed by atoms with Crippen LogP contribution in [0.15, 0.2) is 24.3 Å². The van der Waals surface area contributed by atoms with Crippen LogP contribution in [0, 0.1) is 0 Å². The van der Waals surface area contributed by atoms with E-state index in [2.05, 4.69) is 30.1 Å². The van der Waals surface area contributed by atoms with Crippen molar-refractivity contribution in [1.29, 1.82) is 0 Å². The highest BCUT2D eigenvalue weighted by Gasteiger charge is 2.30. The van der Waals surface area contributed by atoms with Crippen molar-refractivity contribution in [3.63, 3.8) is 0 Å². The predicted octanol–water partition coefficient (Wildman–Crippen LogP) is 3.47. The van der Waals surface area contributed by atoms with Crippen molar-refractivity contribution in [2.75, 3.05) is 13.6 Å². The first-order chi connectivity index (χ1) is 9.24. The van der Waals surface area contributed by atoms with Crippen LogP contribution in [-0.2, 0) is 6.42 Å². The summed E-state index contributed by atoms with van der Waals surface area (Å²) in [7, 11) is 2.19. The van der Waals surface area contributed by atoms with Crippen molar-refractivity contribution in [2.24, 2.45) is 0 Å². The number of likely N-dealkylation sites (N-methyl/N-ethyl adjacent to an activating group) is 1. The van der Waals surface area contributed by atoms with Gasteiger partial charge in [-0.15, -0.1) is 11.6 Å². The molecule has 0 N–H and O–H groups in total. The molecule has 0 bridgehead atoms. The molecule has 0 saturated heterocycles. The summed E-state index contributed by atoms with van der Waals surface area (Å²) in [6, 6.07) is 8.88. The molecule has 3 atom stereocenters. The van der Waals surface area contributed by atoms with Gasteiger partial charge in [-0.1, -0.05) is 31.0 Å². The molecule has 3 unspecified atom stereocenters. The zero-order valence-electron chi connectivity index (χ0n) is 11.5. The van der Waals surface area contributed by atoms with E-state index in [0.717, 1.165) is 25.1 Å². The third-order valence-electron chi connectivity index (χ3n) is 4.42. The quantitative estimate of drug-likeness (QED) is 0.786. The molecule has 0 radical (unpaired) electrons. The molecule has 2 nitrogen and oxygen atoms in total. The molecule has 1 aliphatic heterocycles. The number of rotatable bonds is 3. The lowest BCUT2D eigenvalue weighted by Gasteiger charge is -2.35. The van der Waals surface area contributed by atoms with Gasteiger partial charge in [-0.25, -0.2) is 0 Å². The number of para-hydroxylation sites is 1. The monoisotopic (exact) mass is 279 g/mol. The van der Waals surface area contributed by atoms with Crippen LogP contribution in [0.4, 0.5) is 0 Å². The van der Waals surface area contributed by atoms with Gasteiger partial charge in [0.1, 0.15) is 11.9 Å². The molecule has 1 aromatic rings. The molecule has 0 spiro atoms. The molecule has 1 aliphatic carbocycles. The topological polar surface area (TPSA) is 12.5 Å². The van der Waals surface area contributed by atoms with Crippen molar-refractivity contribution < 1.29 is 4.74 Å². The van der Waals surface area contributed by atoms with Crippen molar-refractivity contribution in [3.05, 3.63) is 29.8 Å². The molecule has 3 heteroatoms. The molecule has 3 rings (SSSR count). The summed E-state index contributed by atoms with van der Waals surface area (Å²) in [5.41, 5.74) is 1.34. The molecule has 1 aromatic carbocycles. The smallest absolute Gasteiger partial charge is 0.123 e. The molecule has 1 fully saturated rings. The molecule has 0 aromatic heterocycles. The second-order valence-corrected chi connectivity index (χ2v) is 6.42. The maximum atomic E-state index is 6.47. The maximum Gasteiger partial charge on any atom is 0.123 e. The Balaban J connectivity index is 1.58. The van der Waals surface area contributed by atoms with Crippen LogP contribution in [0.5, 0.6) is 5.75 Å². The molecule has 19 heavy (non-hydrogen) atoms. The maximum absolute atomic E-state index is 6.47. The van der Waals surface area contributed by atoms with Gasteiger partial charge in [0.05, 0.1) is 0 Å². The fraction of sp³-hybridized carbons (Fsp3) is 0.625. The standard InChI is InChI=1S/C16H22ClNO/c1-18(15-8-4-3-7-14(15)17)11-13-10-12-6-2-5-9-16(12)19-13/h2,5-6,9,13-15H,3-4,7-8,10-11H2,1H3. The summed E-state index contributed by atoms with van der Waals surface area (Å²) in [6.07, 6.45) is 6.29. The summed E-state index contributed by atoms with van der Waals surface area (Å²) < 4.78 is 6.02. The number of hydrogen-bond donors (Lipinski definition) is 0. The first-order valence-electron chi connectivity index (χ1n) is 7.33. The lowest BCUT2D eigenvalue weighted by Crippen LogP contribution is -2.45. The Kier molecular flexibility index (Phi) is 3.99. The second-order valence-electron chi connectivity index (χ2n) is 5.86. The van der Waals surface area contributed by atoms with Gasteiger partial charge in [-0.05, 0) is 31.5 Å². The van der Waals surface area contributed by atoms with E-state index >= 15 is 0 Å². The fourth-order valence-electron chi connectivity index (χ4n) is 3.37. The van der Waals surface area contributed by atoms with Crippen molar-refractivity contribution in [2.45, 2.75) is 49.6 Å². The first-order valence-corrected chi connectivity index (χ1v) is 7.76. The summed E-state index contributed by atoms with van der Waals surface area (Å²) in [4.78, 5) is 2.41. The van der Waals surface area contributed by atoms with Crippen LogP contribution in [0.2, 0.25) is 0 Å². The zero-order valence-corrected chi connectivity index (χ0v) is 12.3. The van der Waals surface area contributed by atoms with Crippen LogP contribution in [-0.4, -0.2) is 36.0 Å². The summed E-state index contributed by atoms with van der Waals surface area (Å²) in [5.74, 6) is 1.06. The average Bonchev–Trinajstić information content (AvgIpc) is 2.81. The first kappa shape index (κ1) is 13.3. The van der Waals surface area contributed by atoms with Gasteiger partial charge in [0.2, 0.25) is 0 Å². The van der Waals surface area contributed by atoms with Gasteiger partial charge in [-0.2, -0.15) is 0 Å². The Morgan fingerprint density at radius 3 is 2.84 bits per heavy atom. The highest BCUT2D eigenvalue weighted by atomic mass is 35.5. The summed E-state index contributed by atoms with van der Waals surface area (Å²) in [6.45, 7) is 0.975. The van der Waals surface area contributed by atoms with Gasteiger partial charge < -0.3 is 4.74 Å². The Labute approximate surface area is 120 Å². The molecule has 2 aliphatic rings. The molecular weight excluding hydrogens is 258 g/mol. The van der Waals surface area contributed by atoms with E-state index in [1.807, 2.05) is 6.07 Å². The van der Waals surface area contributed by atoms with Crippen molar-refractivity contribution in [1.82, 2.24) is 4.90 Å². The van der Waals surface area contributed by atoms with E-state index < -0.39 is 0 Å². The number of hydrogen-bond acceptors (Lipinski definition) is 2. The third-order valence-corrected chi connectivity index (χ3v) is 4.93.